The molecule has 6 heteroatoms. The number of halogens is 2. The number of benzene rings is 1. The van der Waals surface area contributed by atoms with Gasteiger partial charge in [0, 0.05) is 17.1 Å². The molecule has 0 saturated heterocycles. The standard InChI is InChI=1S/C13H17Cl2NO3/c1-3-4-13(2,12(18)19)16-7-8-5-9(14)6-10(15)11(8)17/h5-6,16-17H,3-4,7H2,1-2H3,(H,18,19). The van der Waals surface area contributed by atoms with E-state index in [0.717, 1.165) is 6.42 Å². The minimum atomic E-state index is -1.05. The van der Waals surface area contributed by atoms with Crippen LogP contribution in [0.5, 0.6) is 5.75 Å². The lowest BCUT2D eigenvalue weighted by Gasteiger charge is -2.26. The number of aliphatic carboxylic acids is 1. The third-order valence-corrected chi connectivity index (χ3v) is 3.50. The van der Waals surface area contributed by atoms with Crippen molar-refractivity contribution in [3.05, 3.63) is 27.7 Å². The fourth-order valence-corrected chi connectivity index (χ4v) is 2.35. The first-order valence-electron chi connectivity index (χ1n) is 5.95. The zero-order valence-corrected chi connectivity index (χ0v) is 12.3. The molecule has 1 atom stereocenters. The first kappa shape index (κ1) is 16.1. The first-order valence-corrected chi connectivity index (χ1v) is 6.71. The van der Waals surface area contributed by atoms with Crippen molar-refractivity contribution >= 4 is 29.2 Å². The summed E-state index contributed by atoms with van der Waals surface area (Å²) >= 11 is 11.7. The highest BCUT2D eigenvalue weighted by Gasteiger charge is 2.31. The van der Waals surface area contributed by atoms with Gasteiger partial charge in [0.15, 0.2) is 0 Å². The molecule has 3 N–H and O–H groups in total. The van der Waals surface area contributed by atoms with Crippen LogP contribution in [-0.4, -0.2) is 21.7 Å². The number of nitrogens with one attached hydrogen (secondary N) is 1. The highest BCUT2D eigenvalue weighted by Crippen LogP contribution is 2.31. The Morgan fingerprint density at radius 2 is 2.05 bits per heavy atom. The van der Waals surface area contributed by atoms with Gasteiger partial charge in [-0.2, -0.15) is 0 Å². The van der Waals surface area contributed by atoms with E-state index in [1.807, 2.05) is 6.92 Å². The maximum atomic E-state index is 11.3. The number of rotatable bonds is 6. The van der Waals surface area contributed by atoms with Gasteiger partial charge in [-0.1, -0.05) is 36.5 Å². The SMILES string of the molecule is CCCC(C)(NCc1cc(Cl)cc(Cl)c1O)C(=O)O. The van der Waals surface area contributed by atoms with Gasteiger partial charge in [-0.3, -0.25) is 10.1 Å². The number of phenols is 1. The fraction of sp³-hybridized carbons (Fsp3) is 0.462. The van der Waals surface area contributed by atoms with Crippen LogP contribution in [0.2, 0.25) is 10.0 Å². The van der Waals surface area contributed by atoms with Gasteiger partial charge in [-0.25, -0.2) is 0 Å². The summed E-state index contributed by atoms with van der Waals surface area (Å²) in [7, 11) is 0. The Kier molecular flexibility index (Phi) is 5.47. The van der Waals surface area contributed by atoms with Crippen molar-refractivity contribution in [3.63, 3.8) is 0 Å². The van der Waals surface area contributed by atoms with E-state index in [-0.39, 0.29) is 17.3 Å². The van der Waals surface area contributed by atoms with E-state index in [0.29, 0.717) is 17.0 Å². The molecule has 1 aromatic rings. The molecule has 0 aliphatic heterocycles. The van der Waals surface area contributed by atoms with Gasteiger partial charge in [0.2, 0.25) is 0 Å². The molecule has 0 radical (unpaired) electrons. The van der Waals surface area contributed by atoms with Crippen molar-refractivity contribution in [2.75, 3.05) is 0 Å². The highest BCUT2D eigenvalue weighted by molar-refractivity contribution is 6.35. The van der Waals surface area contributed by atoms with Crippen LogP contribution in [-0.2, 0) is 11.3 Å². The molecule has 106 valence electrons. The Morgan fingerprint density at radius 3 is 2.58 bits per heavy atom. The number of aromatic hydroxyl groups is 1. The van der Waals surface area contributed by atoms with Crippen molar-refractivity contribution in [1.82, 2.24) is 5.32 Å². The van der Waals surface area contributed by atoms with Crippen LogP contribution in [0.15, 0.2) is 12.1 Å². The van der Waals surface area contributed by atoms with Crippen LogP contribution in [0.1, 0.15) is 32.3 Å². The average Bonchev–Trinajstić information content (AvgIpc) is 2.32. The molecule has 1 aromatic carbocycles. The molecule has 0 bridgehead atoms. The van der Waals surface area contributed by atoms with Crippen LogP contribution in [0, 0.1) is 0 Å². The van der Waals surface area contributed by atoms with Crippen molar-refractivity contribution in [3.8, 4) is 5.75 Å². The van der Waals surface area contributed by atoms with Crippen LogP contribution < -0.4 is 5.32 Å². The topological polar surface area (TPSA) is 69.6 Å². The summed E-state index contributed by atoms with van der Waals surface area (Å²) in [5, 5.41) is 22.5. The van der Waals surface area contributed by atoms with Crippen molar-refractivity contribution in [1.29, 1.82) is 0 Å². The number of carboxylic acids is 1. The molecule has 19 heavy (non-hydrogen) atoms. The normalized spacial score (nSPS) is 14.1. The van der Waals surface area contributed by atoms with Crippen LogP contribution in [0.25, 0.3) is 0 Å². The summed E-state index contributed by atoms with van der Waals surface area (Å²) < 4.78 is 0. The van der Waals surface area contributed by atoms with E-state index in [1.165, 1.54) is 6.07 Å². The predicted octanol–water partition coefficient (Wildman–Crippen LogP) is 3.43. The lowest BCUT2D eigenvalue weighted by Crippen LogP contribution is -2.48. The summed E-state index contributed by atoms with van der Waals surface area (Å²) in [6.45, 7) is 3.70. The number of carbonyl (C=O) groups is 1. The van der Waals surface area contributed by atoms with E-state index in [9.17, 15) is 15.0 Å². The number of hydrogen-bond donors (Lipinski definition) is 3. The maximum Gasteiger partial charge on any atom is 0.323 e. The zero-order chi connectivity index (χ0) is 14.6. The molecule has 0 aliphatic rings. The molecule has 0 spiro atoms. The Labute approximate surface area is 122 Å². The van der Waals surface area contributed by atoms with E-state index in [2.05, 4.69) is 5.32 Å². The van der Waals surface area contributed by atoms with E-state index in [1.54, 1.807) is 13.0 Å². The van der Waals surface area contributed by atoms with Gasteiger partial charge >= 0.3 is 5.97 Å². The third kappa shape index (κ3) is 4.00. The second kappa shape index (κ2) is 6.46. The molecular weight excluding hydrogens is 289 g/mol. The Morgan fingerprint density at radius 1 is 1.42 bits per heavy atom. The van der Waals surface area contributed by atoms with Crippen molar-refractivity contribution in [2.45, 2.75) is 38.8 Å². The molecule has 1 rings (SSSR count). The second-order valence-electron chi connectivity index (χ2n) is 4.64. The fourth-order valence-electron chi connectivity index (χ4n) is 1.82. The number of hydrogen-bond acceptors (Lipinski definition) is 3. The molecular formula is C13H17Cl2NO3. The molecule has 0 saturated carbocycles. The largest absolute Gasteiger partial charge is 0.506 e. The quantitative estimate of drug-likeness (QED) is 0.753. The number of phenolic OH excluding ortho intramolecular Hbond substituents is 1. The predicted molar refractivity (Wildman–Crippen MR) is 75.9 cm³/mol. The molecule has 0 heterocycles. The van der Waals surface area contributed by atoms with Gasteiger partial charge < -0.3 is 10.2 Å². The number of carboxylic acid groups (broad SMARTS) is 1. The van der Waals surface area contributed by atoms with Gasteiger partial charge in [-0.05, 0) is 25.5 Å². The summed E-state index contributed by atoms with van der Waals surface area (Å²) in [5.41, 5.74) is -0.572. The smallest absolute Gasteiger partial charge is 0.323 e. The monoisotopic (exact) mass is 305 g/mol. The summed E-state index contributed by atoms with van der Waals surface area (Å²) in [6, 6.07) is 2.99. The molecule has 0 aromatic heterocycles. The van der Waals surface area contributed by atoms with Gasteiger partial charge in [0.1, 0.15) is 11.3 Å². The van der Waals surface area contributed by atoms with Crippen molar-refractivity contribution < 1.29 is 15.0 Å². The molecule has 0 amide bonds. The van der Waals surface area contributed by atoms with E-state index in [4.69, 9.17) is 23.2 Å². The molecule has 0 aliphatic carbocycles. The minimum Gasteiger partial charge on any atom is -0.506 e. The van der Waals surface area contributed by atoms with Crippen molar-refractivity contribution in [2.24, 2.45) is 0 Å². The van der Waals surface area contributed by atoms with Gasteiger partial charge in [0.25, 0.3) is 0 Å². The molecule has 1 unspecified atom stereocenters. The Bertz CT molecular complexity index is 479. The zero-order valence-electron chi connectivity index (χ0n) is 10.8. The lowest BCUT2D eigenvalue weighted by molar-refractivity contribution is -0.144. The Hall–Kier alpha value is -0.970. The lowest BCUT2D eigenvalue weighted by atomic mass is 9.96. The highest BCUT2D eigenvalue weighted by atomic mass is 35.5. The third-order valence-electron chi connectivity index (χ3n) is 3.00. The first-order chi connectivity index (χ1) is 8.80. The van der Waals surface area contributed by atoms with Crippen LogP contribution in [0.3, 0.4) is 0 Å². The summed E-state index contributed by atoms with van der Waals surface area (Å²) in [5.74, 6) is -1.01. The summed E-state index contributed by atoms with van der Waals surface area (Å²) in [6.07, 6.45) is 1.22. The summed E-state index contributed by atoms with van der Waals surface area (Å²) in [4.78, 5) is 11.3. The second-order valence-corrected chi connectivity index (χ2v) is 5.48. The van der Waals surface area contributed by atoms with Crippen LogP contribution >= 0.6 is 23.2 Å². The van der Waals surface area contributed by atoms with Crippen LogP contribution in [0.4, 0.5) is 0 Å². The minimum absolute atomic E-state index is 0.0807. The van der Waals surface area contributed by atoms with Gasteiger partial charge in [-0.15, -0.1) is 0 Å². The van der Waals surface area contributed by atoms with E-state index < -0.39 is 11.5 Å². The molecule has 4 nitrogen and oxygen atoms in total. The maximum absolute atomic E-state index is 11.3. The molecule has 0 fully saturated rings. The average molecular weight is 306 g/mol. The van der Waals surface area contributed by atoms with Gasteiger partial charge in [0.05, 0.1) is 5.02 Å². The van der Waals surface area contributed by atoms with E-state index >= 15 is 0 Å². The Balaban J connectivity index is 2.89.